The topological polar surface area (TPSA) is 93.8 Å². The number of aromatic nitrogens is 3. The highest BCUT2D eigenvalue weighted by Gasteiger charge is 2.15. The van der Waals surface area contributed by atoms with Crippen LogP contribution < -0.4 is 10.6 Å². The molecule has 0 aliphatic carbocycles. The third-order valence-electron chi connectivity index (χ3n) is 4.46. The van der Waals surface area contributed by atoms with E-state index in [0.29, 0.717) is 13.0 Å². The lowest BCUT2D eigenvalue weighted by Crippen LogP contribution is -2.18. The van der Waals surface area contributed by atoms with Gasteiger partial charge in [-0.25, -0.2) is 4.98 Å². The minimum absolute atomic E-state index is 0.0785. The number of amides is 1. The molecule has 27 heavy (non-hydrogen) atoms. The van der Waals surface area contributed by atoms with E-state index in [9.17, 15) is 9.59 Å². The van der Waals surface area contributed by atoms with E-state index < -0.39 is 5.91 Å². The molecule has 0 aliphatic heterocycles. The van der Waals surface area contributed by atoms with Crippen molar-refractivity contribution in [1.29, 1.82) is 0 Å². The maximum Gasteiger partial charge on any atom is 0.305 e. The number of nitrogens with one attached hydrogen (secondary N) is 1. The maximum absolute atomic E-state index is 11.7. The van der Waals surface area contributed by atoms with Crippen molar-refractivity contribution in [2.75, 3.05) is 0 Å². The van der Waals surface area contributed by atoms with Gasteiger partial charge in [-0.05, 0) is 17.2 Å². The molecule has 0 saturated heterocycles. The molecule has 0 saturated carbocycles. The van der Waals surface area contributed by atoms with E-state index in [1.165, 1.54) is 11.3 Å². The summed E-state index contributed by atoms with van der Waals surface area (Å²) in [5.41, 5.74) is 10.1. The van der Waals surface area contributed by atoms with Gasteiger partial charge in [0.1, 0.15) is 0 Å². The molecular formula is C20H18N4O2S. The average Bonchev–Trinajstić information content (AvgIpc) is 3.20. The zero-order valence-electron chi connectivity index (χ0n) is 14.5. The zero-order chi connectivity index (χ0) is 18.8. The molecule has 0 atom stereocenters. The molecule has 0 unspecified atom stereocenters. The number of benzene rings is 2. The number of aromatic amines is 1. The van der Waals surface area contributed by atoms with E-state index in [0.717, 1.165) is 32.7 Å². The molecule has 3 N–H and O–H groups in total. The number of hydrogen-bond acceptors (Lipinski definition) is 4. The second-order valence-corrected chi connectivity index (χ2v) is 7.36. The van der Waals surface area contributed by atoms with Crippen LogP contribution in [0, 0.1) is 0 Å². The number of fused-ring (bicyclic) bond motifs is 1. The predicted molar refractivity (Wildman–Crippen MR) is 106 cm³/mol. The Hall–Kier alpha value is -3.19. The van der Waals surface area contributed by atoms with Gasteiger partial charge < -0.3 is 15.3 Å². The molecule has 0 radical (unpaired) electrons. The lowest BCUT2D eigenvalue weighted by atomic mass is 10.1. The molecule has 6 nitrogen and oxygen atoms in total. The molecule has 136 valence electrons. The summed E-state index contributed by atoms with van der Waals surface area (Å²) < 4.78 is 2.87. The molecular weight excluding hydrogens is 360 g/mol. The smallest absolute Gasteiger partial charge is 0.305 e. The summed E-state index contributed by atoms with van der Waals surface area (Å²) in [5.74, 6) is -0.393. The van der Waals surface area contributed by atoms with Crippen molar-refractivity contribution in [2.45, 2.75) is 19.4 Å². The Kier molecular flexibility index (Phi) is 4.60. The van der Waals surface area contributed by atoms with Gasteiger partial charge >= 0.3 is 4.87 Å². The molecule has 1 amide bonds. The van der Waals surface area contributed by atoms with Gasteiger partial charge in [-0.15, -0.1) is 0 Å². The number of H-pyrrole nitrogens is 1. The molecule has 4 rings (SSSR count). The lowest BCUT2D eigenvalue weighted by molar-refractivity contribution is -0.117. The highest BCUT2D eigenvalue weighted by molar-refractivity contribution is 7.16. The molecule has 0 spiro atoms. The molecule has 2 aromatic carbocycles. The molecule has 4 aromatic rings. The monoisotopic (exact) mass is 378 g/mol. The van der Waals surface area contributed by atoms with Crippen LogP contribution >= 0.6 is 11.3 Å². The van der Waals surface area contributed by atoms with Gasteiger partial charge in [0, 0.05) is 6.42 Å². The van der Waals surface area contributed by atoms with Crippen molar-refractivity contribution in [3.05, 3.63) is 87.0 Å². The summed E-state index contributed by atoms with van der Waals surface area (Å²) in [4.78, 5) is 30.6. The SMILES string of the molecule is NC(=O)Cc1c(Cc2ccccc2)ncn1Cc1cccc2[nH]c(=O)sc12. The van der Waals surface area contributed by atoms with E-state index in [1.54, 1.807) is 6.33 Å². The van der Waals surface area contributed by atoms with Gasteiger partial charge in [0.05, 0.1) is 40.9 Å². The summed E-state index contributed by atoms with van der Waals surface area (Å²) in [6.07, 6.45) is 2.50. The number of carbonyl (C=O) groups is 1. The summed E-state index contributed by atoms with van der Waals surface area (Å²) >= 11 is 1.19. The van der Waals surface area contributed by atoms with Gasteiger partial charge in [-0.3, -0.25) is 9.59 Å². The van der Waals surface area contributed by atoms with Crippen LogP contribution in [-0.4, -0.2) is 20.4 Å². The first kappa shape index (κ1) is 17.2. The highest BCUT2D eigenvalue weighted by Crippen LogP contribution is 2.22. The largest absolute Gasteiger partial charge is 0.369 e. The fourth-order valence-electron chi connectivity index (χ4n) is 3.23. The van der Waals surface area contributed by atoms with E-state index in [2.05, 4.69) is 9.97 Å². The summed E-state index contributed by atoms with van der Waals surface area (Å²) in [6.45, 7) is 0.523. The number of imidazole rings is 1. The molecule has 2 heterocycles. The van der Waals surface area contributed by atoms with Crippen LogP contribution in [0.4, 0.5) is 0 Å². The van der Waals surface area contributed by atoms with E-state index in [4.69, 9.17) is 5.73 Å². The van der Waals surface area contributed by atoms with Crippen LogP contribution in [0.1, 0.15) is 22.5 Å². The first-order chi connectivity index (χ1) is 13.1. The third kappa shape index (κ3) is 3.68. The second kappa shape index (κ2) is 7.20. The summed E-state index contributed by atoms with van der Waals surface area (Å²) in [7, 11) is 0. The Bertz CT molecular complexity index is 1160. The van der Waals surface area contributed by atoms with E-state index in [-0.39, 0.29) is 11.3 Å². The van der Waals surface area contributed by atoms with Crippen molar-refractivity contribution >= 4 is 27.5 Å². The Labute approximate surface area is 159 Å². The zero-order valence-corrected chi connectivity index (χ0v) is 15.3. The number of nitrogens with zero attached hydrogens (tertiary/aromatic N) is 2. The Morgan fingerprint density at radius 2 is 1.96 bits per heavy atom. The van der Waals surface area contributed by atoms with Gasteiger partial charge in [0.25, 0.3) is 0 Å². The normalized spacial score (nSPS) is 11.1. The first-order valence-corrected chi connectivity index (χ1v) is 9.37. The van der Waals surface area contributed by atoms with Crippen molar-refractivity contribution in [1.82, 2.24) is 14.5 Å². The molecule has 7 heteroatoms. The molecule has 2 aromatic heterocycles. The standard InChI is InChI=1S/C20H18N4O2S/c21-18(25)10-17-16(9-13-5-2-1-3-6-13)22-12-24(17)11-14-7-4-8-15-19(14)27-20(26)23-15/h1-8,12H,9-11H2,(H2,21,25)(H,23,26). The fourth-order valence-corrected chi connectivity index (χ4v) is 4.07. The van der Waals surface area contributed by atoms with Gasteiger partial charge in [-0.1, -0.05) is 53.8 Å². The maximum atomic E-state index is 11.7. The van der Waals surface area contributed by atoms with Crippen LogP contribution in [0.25, 0.3) is 10.2 Å². The van der Waals surface area contributed by atoms with Crippen LogP contribution in [0.2, 0.25) is 0 Å². The van der Waals surface area contributed by atoms with Crippen LogP contribution in [0.3, 0.4) is 0 Å². The Morgan fingerprint density at radius 3 is 2.74 bits per heavy atom. The number of hydrogen-bond donors (Lipinski definition) is 2. The minimum atomic E-state index is -0.393. The number of rotatable bonds is 6. The van der Waals surface area contributed by atoms with Gasteiger partial charge in [0.15, 0.2) is 0 Å². The number of carbonyl (C=O) groups excluding carboxylic acids is 1. The van der Waals surface area contributed by atoms with Crippen molar-refractivity contribution < 1.29 is 4.79 Å². The first-order valence-electron chi connectivity index (χ1n) is 8.56. The fraction of sp³-hybridized carbons (Fsp3) is 0.150. The quantitative estimate of drug-likeness (QED) is 0.540. The minimum Gasteiger partial charge on any atom is -0.369 e. The number of primary amides is 1. The van der Waals surface area contributed by atoms with Gasteiger partial charge in [-0.2, -0.15) is 0 Å². The van der Waals surface area contributed by atoms with Crippen molar-refractivity contribution in [3.63, 3.8) is 0 Å². The molecule has 0 fully saturated rings. The highest BCUT2D eigenvalue weighted by atomic mass is 32.1. The number of nitrogens with two attached hydrogens (primary N) is 1. The third-order valence-corrected chi connectivity index (χ3v) is 5.43. The van der Waals surface area contributed by atoms with Crippen LogP contribution in [0.5, 0.6) is 0 Å². The Morgan fingerprint density at radius 1 is 1.15 bits per heavy atom. The Balaban J connectivity index is 1.71. The van der Waals surface area contributed by atoms with Crippen LogP contribution in [0.15, 0.2) is 59.7 Å². The molecule has 0 aliphatic rings. The summed E-state index contributed by atoms with van der Waals surface area (Å²) in [6, 6.07) is 15.8. The van der Waals surface area contributed by atoms with E-state index in [1.807, 2.05) is 53.1 Å². The van der Waals surface area contributed by atoms with Crippen LogP contribution in [-0.2, 0) is 24.2 Å². The van der Waals surface area contributed by atoms with Gasteiger partial charge in [0.2, 0.25) is 5.91 Å². The lowest BCUT2D eigenvalue weighted by Gasteiger charge is -2.10. The summed E-state index contributed by atoms with van der Waals surface area (Å²) in [5, 5.41) is 0. The predicted octanol–water partition coefficient (Wildman–Crippen LogP) is 2.45. The number of thiazole rings is 1. The second-order valence-electron chi connectivity index (χ2n) is 6.38. The average molecular weight is 378 g/mol. The van der Waals surface area contributed by atoms with E-state index >= 15 is 0 Å². The van der Waals surface area contributed by atoms with Crippen molar-refractivity contribution in [3.8, 4) is 0 Å². The van der Waals surface area contributed by atoms with Crippen molar-refractivity contribution in [2.24, 2.45) is 5.73 Å². The molecule has 0 bridgehead atoms.